The molecular formula is C13H20N2O2S2. The monoisotopic (exact) mass is 300 g/mol. The molecule has 1 fully saturated rings. The SMILES string of the molecule is COC(=O)C[C@H]1CSCCN1Cc1sc(C)nc1C. The maximum atomic E-state index is 11.5. The van der Waals surface area contributed by atoms with E-state index in [2.05, 4.69) is 16.8 Å². The summed E-state index contributed by atoms with van der Waals surface area (Å²) in [7, 11) is 1.46. The quantitative estimate of drug-likeness (QED) is 0.798. The Morgan fingerprint density at radius 2 is 2.32 bits per heavy atom. The summed E-state index contributed by atoms with van der Waals surface area (Å²) in [4.78, 5) is 19.7. The van der Waals surface area contributed by atoms with Gasteiger partial charge in [-0.05, 0) is 13.8 Å². The van der Waals surface area contributed by atoms with Gasteiger partial charge >= 0.3 is 5.97 Å². The summed E-state index contributed by atoms with van der Waals surface area (Å²) in [6, 6.07) is 0.285. The number of esters is 1. The van der Waals surface area contributed by atoms with Crippen LogP contribution < -0.4 is 0 Å². The second-order valence-electron chi connectivity index (χ2n) is 4.72. The molecule has 0 saturated carbocycles. The molecule has 106 valence electrons. The number of hydrogen-bond donors (Lipinski definition) is 0. The van der Waals surface area contributed by atoms with Crippen molar-refractivity contribution in [1.82, 2.24) is 9.88 Å². The molecule has 0 spiro atoms. The first kappa shape index (κ1) is 14.8. The molecule has 0 N–H and O–H groups in total. The van der Waals surface area contributed by atoms with E-state index in [1.54, 1.807) is 11.3 Å². The summed E-state index contributed by atoms with van der Waals surface area (Å²) in [6.45, 7) is 6.04. The minimum atomic E-state index is -0.116. The molecule has 19 heavy (non-hydrogen) atoms. The number of thioether (sulfide) groups is 1. The van der Waals surface area contributed by atoms with E-state index in [0.29, 0.717) is 6.42 Å². The van der Waals surface area contributed by atoms with Crippen LogP contribution >= 0.6 is 23.1 Å². The minimum absolute atomic E-state index is 0.116. The van der Waals surface area contributed by atoms with Crippen LogP contribution in [0.15, 0.2) is 0 Å². The van der Waals surface area contributed by atoms with Crippen LogP contribution in [0, 0.1) is 13.8 Å². The van der Waals surface area contributed by atoms with Gasteiger partial charge in [0.2, 0.25) is 0 Å². The molecule has 6 heteroatoms. The first-order chi connectivity index (χ1) is 9.10. The van der Waals surface area contributed by atoms with Gasteiger partial charge in [-0.25, -0.2) is 4.98 Å². The first-order valence-corrected chi connectivity index (χ1v) is 8.38. The molecule has 2 heterocycles. The Balaban J connectivity index is 2.03. The number of carbonyl (C=O) groups is 1. The molecule has 1 aromatic rings. The van der Waals surface area contributed by atoms with Crippen LogP contribution in [0.5, 0.6) is 0 Å². The molecular weight excluding hydrogens is 280 g/mol. The smallest absolute Gasteiger partial charge is 0.307 e. The van der Waals surface area contributed by atoms with Crippen LogP contribution in [-0.2, 0) is 16.1 Å². The van der Waals surface area contributed by atoms with Crippen molar-refractivity contribution in [3.8, 4) is 0 Å². The normalized spacial score (nSPS) is 20.5. The molecule has 4 nitrogen and oxygen atoms in total. The lowest BCUT2D eigenvalue weighted by Crippen LogP contribution is -2.43. The van der Waals surface area contributed by atoms with E-state index in [1.165, 1.54) is 12.0 Å². The highest BCUT2D eigenvalue weighted by Crippen LogP contribution is 2.25. The van der Waals surface area contributed by atoms with Crippen molar-refractivity contribution in [3.05, 3.63) is 15.6 Å². The fraction of sp³-hybridized carbons (Fsp3) is 0.692. The molecule has 0 radical (unpaired) electrons. The van der Waals surface area contributed by atoms with E-state index in [1.807, 2.05) is 18.7 Å². The summed E-state index contributed by atoms with van der Waals surface area (Å²) < 4.78 is 4.79. The number of rotatable bonds is 4. The Morgan fingerprint density at radius 3 is 2.95 bits per heavy atom. The van der Waals surface area contributed by atoms with E-state index >= 15 is 0 Å². The summed E-state index contributed by atoms with van der Waals surface area (Å²) >= 11 is 3.68. The molecule has 0 amide bonds. The van der Waals surface area contributed by atoms with Gasteiger partial charge in [-0.3, -0.25) is 9.69 Å². The summed E-state index contributed by atoms with van der Waals surface area (Å²) in [6.07, 6.45) is 0.486. The van der Waals surface area contributed by atoms with E-state index < -0.39 is 0 Å². The van der Waals surface area contributed by atoms with Crippen molar-refractivity contribution >= 4 is 29.1 Å². The molecule has 1 saturated heterocycles. The maximum absolute atomic E-state index is 11.5. The molecule has 2 rings (SSSR count). The third-order valence-electron chi connectivity index (χ3n) is 3.33. The fourth-order valence-corrected chi connectivity index (χ4v) is 4.36. The zero-order valence-electron chi connectivity index (χ0n) is 11.6. The van der Waals surface area contributed by atoms with E-state index in [-0.39, 0.29) is 12.0 Å². The summed E-state index contributed by atoms with van der Waals surface area (Å²) in [5.74, 6) is 2.02. The highest BCUT2D eigenvalue weighted by molar-refractivity contribution is 7.99. The first-order valence-electron chi connectivity index (χ1n) is 6.41. The van der Waals surface area contributed by atoms with Crippen molar-refractivity contribution in [3.63, 3.8) is 0 Å². The van der Waals surface area contributed by atoms with E-state index in [9.17, 15) is 4.79 Å². The van der Waals surface area contributed by atoms with Crippen LogP contribution in [0.4, 0.5) is 0 Å². The average Bonchev–Trinajstić information content (AvgIpc) is 2.70. The predicted octanol–water partition coefficient (Wildman–Crippen LogP) is 2.24. The Bertz CT molecular complexity index is 448. The largest absolute Gasteiger partial charge is 0.469 e. The number of hydrogen-bond acceptors (Lipinski definition) is 6. The van der Waals surface area contributed by atoms with Crippen molar-refractivity contribution in [2.75, 3.05) is 25.2 Å². The number of ether oxygens (including phenoxy) is 1. The summed E-state index contributed by atoms with van der Waals surface area (Å²) in [5.41, 5.74) is 1.12. The fourth-order valence-electron chi connectivity index (χ4n) is 2.27. The minimum Gasteiger partial charge on any atom is -0.469 e. The number of nitrogens with zero attached hydrogens (tertiary/aromatic N) is 2. The number of aryl methyl sites for hydroxylation is 2. The van der Waals surface area contributed by atoms with Crippen LogP contribution in [0.25, 0.3) is 0 Å². The topological polar surface area (TPSA) is 42.4 Å². The second kappa shape index (κ2) is 6.72. The van der Waals surface area contributed by atoms with Gasteiger partial charge in [-0.2, -0.15) is 11.8 Å². The van der Waals surface area contributed by atoms with Gasteiger partial charge in [0.15, 0.2) is 0 Å². The number of carbonyl (C=O) groups excluding carboxylic acids is 1. The van der Waals surface area contributed by atoms with Crippen LogP contribution in [0.2, 0.25) is 0 Å². The maximum Gasteiger partial charge on any atom is 0.307 e. The van der Waals surface area contributed by atoms with Crippen molar-refractivity contribution in [2.45, 2.75) is 32.9 Å². The Hall–Kier alpha value is -0.590. The van der Waals surface area contributed by atoms with Crippen molar-refractivity contribution in [1.29, 1.82) is 0 Å². The third-order valence-corrected chi connectivity index (χ3v) is 5.48. The Morgan fingerprint density at radius 1 is 1.53 bits per heavy atom. The molecule has 0 bridgehead atoms. The van der Waals surface area contributed by atoms with Crippen LogP contribution in [0.1, 0.15) is 22.0 Å². The number of aromatic nitrogens is 1. The van der Waals surface area contributed by atoms with Crippen molar-refractivity contribution in [2.24, 2.45) is 0 Å². The lowest BCUT2D eigenvalue weighted by molar-refractivity contribution is -0.141. The molecule has 0 aromatic carbocycles. The van der Waals surface area contributed by atoms with Gasteiger partial charge in [0.05, 0.1) is 24.2 Å². The van der Waals surface area contributed by atoms with Gasteiger partial charge in [-0.15, -0.1) is 11.3 Å². The zero-order valence-corrected chi connectivity index (χ0v) is 13.3. The van der Waals surface area contributed by atoms with Gasteiger partial charge in [0, 0.05) is 35.5 Å². The predicted molar refractivity (Wildman–Crippen MR) is 79.7 cm³/mol. The molecule has 1 aliphatic rings. The zero-order chi connectivity index (χ0) is 13.8. The van der Waals surface area contributed by atoms with Crippen LogP contribution in [-0.4, -0.2) is 47.1 Å². The average molecular weight is 300 g/mol. The Labute approximate surface area is 122 Å². The standard InChI is InChI=1S/C13H20N2O2S2/c1-9-12(19-10(2)14-9)7-15-4-5-18-8-11(15)6-13(16)17-3/h11H,4-8H2,1-3H3/t11-/m0/s1. The van der Waals surface area contributed by atoms with Gasteiger partial charge in [0.25, 0.3) is 0 Å². The number of thiazole rings is 1. The van der Waals surface area contributed by atoms with Crippen LogP contribution in [0.3, 0.4) is 0 Å². The lowest BCUT2D eigenvalue weighted by atomic mass is 10.2. The molecule has 1 aromatic heterocycles. The summed E-state index contributed by atoms with van der Waals surface area (Å²) in [5, 5.41) is 1.11. The molecule has 1 aliphatic heterocycles. The van der Waals surface area contributed by atoms with E-state index in [4.69, 9.17) is 4.74 Å². The number of methoxy groups -OCH3 is 1. The highest BCUT2D eigenvalue weighted by Gasteiger charge is 2.26. The third kappa shape index (κ3) is 3.94. The second-order valence-corrected chi connectivity index (χ2v) is 7.16. The van der Waals surface area contributed by atoms with Gasteiger partial charge in [-0.1, -0.05) is 0 Å². The lowest BCUT2D eigenvalue weighted by Gasteiger charge is -2.34. The van der Waals surface area contributed by atoms with E-state index in [0.717, 1.165) is 35.3 Å². The highest BCUT2D eigenvalue weighted by atomic mass is 32.2. The molecule has 0 unspecified atom stereocenters. The molecule has 0 aliphatic carbocycles. The van der Waals surface area contributed by atoms with Gasteiger partial charge < -0.3 is 4.74 Å². The van der Waals surface area contributed by atoms with Crippen molar-refractivity contribution < 1.29 is 9.53 Å². The Kier molecular flexibility index (Phi) is 5.24. The molecule has 1 atom stereocenters. The van der Waals surface area contributed by atoms with Gasteiger partial charge in [0.1, 0.15) is 0 Å².